The third-order valence-electron chi connectivity index (χ3n) is 3.34. The minimum absolute atomic E-state index is 0.295. The Labute approximate surface area is 153 Å². The molecule has 3 aromatic rings. The average Bonchev–Trinajstić information content (AvgIpc) is 2.91. The molecule has 0 aliphatic rings. The molecule has 1 amide bonds. The lowest BCUT2D eigenvalue weighted by molar-refractivity contribution is -0.122. The molecule has 4 nitrogen and oxygen atoms in total. The van der Waals surface area contributed by atoms with Gasteiger partial charge >= 0.3 is 0 Å². The summed E-state index contributed by atoms with van der Waals surface area (Å²) in [5.74, 6) is 0.112. The van der Waals surface area contributed by atoms with Crippen LogP contribution in [0.25, 0.3) is 10.2 Å². The Bertz CT molecular complexity index is 911. The Kier molecular flexibility index (Phi) is 4.94. The highest BCUT2D eigenvalue weighted by Gasteiger charge is 2.18. The summed E-state index contributed by atoms with van der Waals surface area (Å²) in [6.45, 7) is 3.67. The third kappa shape index (κ3) is 3.80. The van der Waals surface area contributed by atoms with E-state index in [1.54, 1.807) is 25.1 Å². The molecule has 1 atom stereocenters. The van der Waals surface area contributed by atoms with Crippen molar-refractivity contribution in [2.75, 3.05) is 5.32 Å². The molecule has 0 radical (unpaired) electrons. The SMILES string of the molecule is Cc1ccc2nc(NC(=O)[C@@H](C)Oc3ccc(Cl)cc3Cl)sc2c1. The number of ether oxygens (including phenoxy) is 1. The van der Waals surface area contributed by atoms with Crippen molar-refractivity contribution in [2.24, 2.45) is 0 Å². The van der Waals surface area contributed by atoms with E-state index in [4.69, 9.17) is 27.9 Å². The number of halogens is 2. The highest BCUT2D eigenvalue weighted by atomic mass is 35.5. The maximum atomic E-state index is 12.3. The van der Waals surface area contributed by atoms with Crippen LogP contribution < -0.4 is 10.1 Å². The Morgan fingerprint density at radius 1 is 1.25 bits per heavy atom. The van der Waals surface area contributed by atoms with E-state index in [1.165, 1.54) is 11.3 Å². The second kappa shape index (κ2) is 6.97. The zero-order valence-electron chi connectivity index (χ0n) is 13.0. The van der Waals surface area contributed by atoms with E-state index in [-0.39, 0.29) is 5.91 Å². The Morgan fingerprint density at radius 3 is 2.79 bits per heavy atom. The zero-order valence-corrected chi connectivity index (χ0v) is 15.3. The van der Waals surface area contributed by atoms with Gasteiger partial charge in [-0.3, -0.25) is 10.1 Å². The summed E-state index contributed by atoms with van der Waals surface area (Å²) in [7, 11) is 0. The van der Waals surface area contributed by atoms with Crippen molar-refractivity contribution in [1.29, 1.82) is 0 Å². The van der Waals surface area contributed by atoms with Gasteiger partial charge in [-0.05, 0) is 49.7 Å². The fourth-order valence-electron chi connectivity index (χ4n) is 2.11. The third-order valence-corrected chi connectivity index (χ3v) is 4.81. The summed E-state index contributed by atoms with van der Waals surface area (Å²) >= 11 is 13.3. The number of hydrogen-bond acceptors (Lipinski definition) is 4. The Hall–Kier alpha value is -1.82. The van der Waals surface area contributed by atoms with Crippen molar-refractivity contribution in [3.8, 4) is 5.75 Å². The molecule has 24 heavy (non-hydrogen) atoms. The predicted molar refractivity (Wildman–Crippen MR) is 99.5 cm³/mol. The van der Waals surface area contributed by atoms with Crippen molar-refractivity contribution in [2.45, 2.75) is 20.0 Å². The minimum Gasteiger partial charge on any atom is -0.479 e. The van der Waals surface area contributed by atoms with Gasteiger partial charge in [0.15, 0.2) is 11.2 Å². The maximum absolute atomic E-state index is 12.3. The van der Waals surface area contributed by atoms with Crippen molar-refractivity contribution in [1.82, 2.24) is 4.98 Å². The number of benzene rings is 2. The second-order valence-corrected chi connectivity index (χ2v) is 7.19. The zero-order chi connectivity index (χ0) is 17.3. The van der Waals surface area contributed by atoms with Gasteiger partial charge < -0.3 is 4.74 Å². The van der Waals surface area contributed by atoms with Crippen molar-refractivity contribution < 1.29 is 9.53 Å². The van der Waals surface area contributed by atoms with E-state index in [0.717, 1.165) is 15.8 Å². The number of aromatic nitrogens is 1. The molecule has 1 heterocycles. The van der Waals surface area contributed by atoms with E-state index in [9.17, 15) is 4.79 Å². The largest absolute Gasteiger partial charge is 0.479 e. The van der Waals surface area contributed by atoms with Gasteiger partial charge in [-0.1, -0.05) is 40.6 Å². The van der Waals surface area contributed by atoms with Crippen LogP contribution in [0.15, 0.2) is 36.4 Å². The van der Waals surface area contributed by atoms with Crippen LogP contribution in [0.1, 0.15) is 12.5 Å². The van der Waals surface area contributed by atoms with E-state index >= 15 is 0 Å². The molecule has 1 aromatic heterocycles. The van der Waals surface area contributed by atoms with Crippen LogP contribution in [0.2, 0.25) is 10.0 Å². The van der Waals surface area contributed by atoms with Crippen molar-refractivity contribution in [3.05, 3.63) is 52.0 Å². The van der Waals surface area contributed by atoms with Gasteiger partial charge in [-0.2, -0.15) is 0 Å². The van der Waals surface area contributed by atoms with Gasteiger partial charge in [-0.15, -0.1) is 0 Å². The van der Waals surface area contributed by atoms with E-state index in [2.05, 4.69) is 10.3 Å². The summed E-state index contributed by atoms with van der Waals surface area (Å²) in [5.41, 5.74) is 2.01. The van der Waals surface area contributed by atoms with Crippen molar-refractivity contribution >= 4 is 55.8 Å². The lowest BCUT2D eigenvalue weighted by Crippen LogP contribution is -2.30. The number of carbonyl (C=O) groups is 1. The highest BCUT2D eigenvalue weighted by Crippen LogP contribution is 2.29. The summed E-state index contributed by atoms with van der Waals surface area (Å²) in [5, 5.41) is 4.18. The summed E-state index contributed by atoms with van der Waals surface area (Å²) in [6.07, 6.45) is -0.725. The van der Waals surface area contributed by atoms with Gasteiger partial charge in [0.1, 0.15) is 5.75 Å². The van der Waals surface area contributed by atoms with E-state index in [0.29, 0.717) is 20.9 Å². The average molecular weight is 381 g/mol. The Balaban J connectivity index is 1.70. The quantitative estimate of drug-likeness (QED) is 0.666. The monoisotopic (exact) mass is 380 g/mol. The number of nitrogens with zero attached hydrogens (tertiary/aromatic N) is 1. The number of nitrogens with one attached hydrogen (secondary N) is 1. The molecule has 1 N–H and O–H groups in total. The molecule has 0 unspecified atom stereocenters. The number of anilines is 1. The molecule has 0 aliphatic heterocycles. The molecule has 0 saturated heterocycles. The molecule has 2 aromatic carbocycles. The molecule has 3 rings (SSSR count). The minimum atomic E-state index is -0.725. The first-order chi connectivity index (χ1) is 11.4. The number of aryl methyl sites for hydroxylation is 1. The maximum Gasteiger partial charge on any atom is 0.266 e. The molecular weight excluding hydrogens is 367 g/mol. The van der Waals surface area contributed by atoms with Crippen LogP contribution in [-0.4, -0.2) is 17.0 Å². The number of thiazole rings is 1. The molecule has 0 fully saturated rings. The van der Waals surface area contributed by atoms with Gasteiger partial charge in [0, 0.05) is 5.02 Å². The number of fused-ring (bicyclic) bond motifs is 1. The van der Waals surface area contributed by atoms with Crippen LogP contribution in [0.5, 0.6) is 5.75 Å². The first-order valence-corrected chi connectivity index (χ1v) is 8.79. The first-order valence-electron chi connectivity index (χ1n) is 7.22. The second-order valence-electron chi connectivity index (χ2n) is 5.31. The van der Waals surface area contributed by atoms with Crippen LogP contribution in [0, 0.1) is 6.92 Å². The Morgan fingerprint density at radius 2 is 2.04 bits per heavy atom. The predicted octanol–water partition coefficient (Wildman–Crippen LogP) is 5.32. The van der Waals surface area contributed by atoms with E-state index < -0.39 is 6.10 Å². The number of amides is 1. The highest BCUT2D eigenvalue weighted by molar-refractivity contribution is 7.22. The summed E-state index contributed by atoms with van der Waals surface area (Å²) in [6, 6.07) is 10.8. The lowest BCUT2D eigenvalue weighted by Gasteiger charge is -2.14. The van der Waals surface area contributed by atoms with Crippen LogP contribution in [-0.2, 0) is 4.79 Å². The van der Waals surface area contributed by atoms with Gasteiger partial charge in [0.25, 0.3) is 5.91 Å². The van der Waals surface area contributed by atoms with Crippen LogP contribution >= 0.6 is 34.5 Å². The standard InChI is InChI=1S/C17H14Cl2N2O2S/c1-9-3-5-13-15(7-9)24-17(20-13)21-16(22)10(2)23-14-6-4-11(18)8-12(14)19/h3-8,10H,1-2H3,(H,20,21,22)/t10-/m1/s1. The normalized spacial score (nSPS) is 12.2. The van der Waals surface area contributed by atoms with Gasteiger partial charge in [0.05, 0.1) is 15.2 Å². The van der Waals surface area contributed by atoms with Gasteiger partial charge in [0.2, 0.25) is 0 Å². The number of hydrogen-bond donors (Lipinski definition) is 1. The molecular formula is C17H14Cl2N2O2S. The number of rotatable bonds is 4. The summed E-state index contributed by atoms with van der Waals surface area (Å²) in [4.78, 5) is 16.7. The molecule has 0 saturated carbocycles. The lowest BCUT2D eigenvalue weighted by atomic mass is 10.2. The van der Waals surface area contributed by atoms with Crippen LogP contribution in [0.4, 0.5) is 5.13 Å². The molecule has 0 bridgehead atoms. The molecule has 124 valence electrons. The molecule has 0 aliphatic carbocycles. The van der Waals surface area contributed by atoms with Crippen molar-refractivity contribution in [3.63, 3.8) is 0 Å². The van der Waals surface area contributed by atoms with Gasteiger partial charge in [-0.25, -0.2) is 4.98 Å². The van der Waals surface area contributed by atoms with Crippen LogP contribution in [0.3, 0.4) is 0 Å². The fraction of sp³-hybridized carbons (Fsp3) is 0.176. The summed E-state index contributed by atoms with van der Waals surface area (Å²) < 4.78 is 6.63. The number of carbonyl (C=O) groups excluding carboxylic acids is 1. The fourth-order valence-corrected chi connectivity index (χ4v) is 3.53. The first kappa shape index (κ1) is 17.0. The van der Waals surface area contributed by atoms with E-state index in [1.807, 2.05) is 25.1 Å². The topological polar surface area (TPSA) is 51.2 Å². The molecule has 0 spiro atoms. The molecule has 7 heteroatoms. The smallest absolute Gasteiger partial charge is 0.266 e.